The van der Waals surface area contributed by atoms with E-state index in [0.717, 1.165) is 12.1 Å². The fourth-order valence-electron chi connectivity index (χ4n) is 3.99. The van der Waals surface area contributed by atoms with Crippen LogP contribution >= 0.6 is 0 Å². The molecule has 0 saturated heterocycles. The molecule has 5 rings (SSSR count). The highest BCUT2D eigenvalue weighted by Crippen LogP contribution is 2.35. The fourth-order valence-corrected chi connectivity index (χ4v) is 3.99. The lowest BCUT2D eigenvalue weighted by atomic mass is 10.1. The van der Waals surface area contributed by atoms with Crippen molar-refractivity contribution in [3.05, 3.63) is 72.8 Å². The van der Waals surface area contributed by atoms with Gasteiger partial charge in [-0.15, -0.1) is 0 Å². The van der Waals surface area contributed by atoms with Gasteiger partial charge in [-0.05, 0) is 49.7 Å². The van der Waals surface area contributed by atoms with Gasteiger partial charge >= 0.3 is 12.2 Å². The van der Waals surface area contributed by atoms with Gasteiger partial charge in [0.2, 0.25) is 0 Å². The number of nitrogens with zero attached hydrogens (tertiary/aromatic N) is 4. The molecule has 0 spiro atoms. The Balaban J connectivity index is 1.48. The fraction of sp³-hybridized carbons (Fsp3) is 0.200. The maximum absolute atomic E-state index is 13.4. The topological polar surface area (TPSA) is 96.2 Å². The van der Waals surface area contributed by atoms with Crippen LogP contribution in [0.5, 0.6) is 0 Å². The number of carbonyl (C=O) groups is 1. The highest BCUT2D eigenvalue weighted by Gasteiger charge is 2.31. The number of nitrogens with one attached hydrogen (secondary N) is 2. The van der Waals surface area contributed by atoms with Crippen molar-refractivity contribution in [3.63, 3.8) is 0 Å². The Morgan fingerprint density at radius 3 is 2.72 bits per heavy atom. The third kappa shape index (κ3) is 4.72. The molecule has 1 atom stereocenters. The molecule has 2 amide bonds. The van der Waals surface area contributed by atoms with Crippen molar-refractivity contribution in [3.8, 4) is 22.7 Å². The summed E-state index contributed by atoms with van der Waals surface area (Å²) >= 11 is 0. The summed E-state index contributed by atoms with van der Waals surface area (Å²) in [6.45, 7) is 2.48. The Hall–Kier alpha value is -4.41. The van der Waals surface area contributed by atoms with Crippen LogP contribution in [0.2, 0.25) is 0 Å². The van der Waals surface area contributed by atoms with E-state index in [1.54, 1.807) is 36.4 Å². The molecular weight excluding hydrogens is 473 g/mol. The first kappa shape index (κ1) is 23.3. The lowest BCUT2D eigenvalue weighted by Gasteiger charge is -2.27. The third-order valence-corrected chi connectivity index (χ3v) is 5.79. The Kier molecular flexibility index (Phi) is 6.05. The van der Waals surface area contributed by atoms with Crippen LogP contribution in [0, 0.1) is 0 Å². The monoisotopic (exact) mass is 494 g/mol. The van der Waals surface area contributed by atoms with Crippen LogP contribution in [0.15, 0.2) is 71.6 Å². The van der Waals surface area contributed by atoms with E-state index in [2.05, 4.69) is 25.6 Å². The number of alkyl halides is 3. The average Bonchev–Trinajstić information content (AvgIpc) is 3.34. The predicted molar refractivity (Wildman–Crippen MR) is 128 cm³/mol. The SMILES string of the molecule is C[C@@H]1CCNc2ccc(-c3cccc(C(F)(F)F)c3)nc2N1C(=O)Nc1cccc(-c2cnco2)n1. The molecule has 0 aliphatic carbocycles. The number of urea groups is 1. The van der Waals surface area contributed by atoms with Crippen molar-refractivity contribution in [2.45, 2.75) is 25.6 Å². The molecule has 8 nitrogen and oxygen atoms in total. The maximum Gasteiger partial charge on any atom is 0.416 e. The summed E-state index contributed by atoms with van der Waals surface area (Å²) in [5.41, 5.74) is 0.954. The molecule has 0 unspecified atom stereocenters. The maximum atomic E-state index is 13.4. The zero-order chi connectivity index (χ0) is 25.3. The number of carbonyl (C=O) groups excluding carboxylic acids is 1. The molecule has 4 heterocycles. The van der Waals surface area contributed by atoms with Crippen molar-refractivity contribution in [2.75, 3.05) is 22.1 Å². The largest absolute Gasteiger partial charge is 0.442 e. The van der Waals surface area contributed by atoms with E-state index < -0.39 is 17.8 Å². The number of amides is 2. The molecule has 1 aromatic carbocycles. The van der Waals surface area contributed by atoms with E-state index in [1.165, 1.54) is 23.6 Å². The minimum absolute atomic E-state index is 0.250. The quantitative estimate of drug-likeness (QED) is 0.359. The molecular formula is C25H21F3N6O2. The second-order valence-corrected chi connectivity index (χ2v) is 8.28. The highest BCUT2D eigenvalue weighted by molar-refractivity contribution is 6.03. The van der Waals surface area contributed by atoms with Crippen molar-refractivity contribution >= 4 is 23.4 Å². The molecule has 184 valence electrons. The Morgan fingerprint density at radius 2 is 1.94 bits per heavy atom. The summed E-state index contributed by atoms with van der Waals surface area (Å²) in [6, 6.07) is 12.7. The smallest absolute Gasteiger partial charge is 0.416 e. The van der Waals surface area contributed by atoms with Crippen LogP contribution in [0.4, 0.5) is 35.3 Å². The molecule has 36 heavy (non-hydrogen) atoms. The standard InChI is InChI=1S/C25H21F3N6O2/c1-15-10-11-30-20-9-8-18(16-4-2-5-17(12-16)25(26,27)28)32-23(20)34(15)24(35)33-22-7-3-6-19(31-22)21-13-29-14-36-21/h2-9,12-15,30H,10-11H2,1H3,(H,31,33,35)/t15-/m1/s1. The van der Waals surface area contributed by atoms with Crippen LogP contribution in [-0.2, 0) is 6.18 Å². The summed E-state index contributed by atoms with van der Waals surface area (Å²) in [4.78, 5) is 27.9. The van der Waals surface area contributed by atoms with Crippen molar-refractivity contribution < 1.29 is 22.4 Å². The van der Waals surface area contributed by atoms with Gasteiger partial charge in [0.1, 0.15) is 11.5 Å². The summed E-state index contributed by atoms with van der Waals surface area (Å²) in [7, 11) is 0. The minimum atomic E-state index is -4.48. The number of rotatable bonds is 3. The Bertz CT molecular complexity index is 1390. The average molecular weight is 494 g/mol. The van der Waals surface area contributed by atoms with Crippen LogP contribution < -0.4 is 15.5 Å². The number of aromatic nitrogens is 3. The summed E-state index contributed by atoms with van der Waals surface area (Å²) in [5.74, 6) is 1.07. The van der Waals surface area contributed by atoms with Gasteiger partial charge in [-0.2, -0.15) is 13.2 Å². The van der Waals surface area contributed by atoms with Gasteiger partial charge < -0.3 is 9.73 Å². The Morgan fingerprint density at radius 1 is 1.11 bits per heavy atom. The number of hydrogen-bond acceptors (Lipinski definition) is 6. The lowest BCUT2D eigenvalue weighted by molar-refractivity contribution is -0.137. The normalized spacial score (nSPS) is 15.6. The van der Waals surface area contributed by atoms with E-state index in [9.17, 15) is 18.0 Å². The minimum Gasteiger partial charge on any atom is -0.442 e. The van der Waals surface area contributed by atoms with E-state index >= 15 is 0 Å². The van der Waals surface area contributed by atoms with Gasteiger partial charge in [-0.1, -0.05) is 18.2 Å². The molecule has 0 saturated carbocycles. The van der Waals surface area contributed by atoms with Gasteiger partial charge in [0, 0.05) is 18.2 Å². The third-order valence-electron chi connectivity index (χ3n) is 5.79. The molecule has 0 fully saturated rings. The summed E-state index contributed by atoms with van der Waals surface area (Å²) in [5, 5.41) is 6.05. The van der Waals surface area contributed by atoms with Crippen LogP contribution in [0.3, 0.4) is 0 Å². The number of oxazole rings is 1. The summed E-state index contributed by atoms with van der Waals surface area (Å²) < 4.78 is 45.0. The second-order valence-electron chi connectivity index (χ2n) is 8.28. The molecule has 1 aliphatic rings. The number of pyridine rings is 2. The van der Waals surface area contributed by atoms with Gasteiger partial charge in [0.15, 0.2) is 18.0 Å². The molecule has 11 heteroatoms. The zero-order valence-corrected chi connectivity index (χ0v) is 19.1. The molecule has 1 aliphatic heterocycles. The first-order valence-electron chi connectivity index (χ1n) is 11.2. The number of fused-ring (bicyclic) bond motifs is 1. The van der Waals surface area contributed by atoms with Crippen LogP contribution in [-0.4, -0.2) is 33.6 Å². The molecule has 0 radical (unpaired) electrons. The Labute approximate surface area is 204 Å². The number of anilines is 3. The van der Waals surface area contributed by atoms with E-state index in [0.29, 0.717) is 53.0 Å². The van der Waals surface area contributed by atoms with Gasteiger partial charge in [0.05, 0.1) is 23.1 Å². The van der Waals surface area contributed by atoms with E-state index in [1.807, 2.05) is 6.92 Å². The molecule has 0 bridgehead atoms. The zero-order valence-electron chi connectivity index (χ0n) is 19.1. The van der Waals surface area contributed by atoms with E-state index in [-0.39, 0.29) is 6.04 Å². The van der Waals surface area contributed by atoms with Crippen LogP contribution in [0.25, 0.3) is 22.7 Å². The molecule has 3 aromatic heterocycles. The van der Waals surface area contributed by atoms with Gasteiger partial charge in [0.25, 0.3) is 0 Å². The number of hydrogen-bond donors (Lipinski definition) is 2. The second kappa shape index (κ2) is 9.33. The van der Waals surface area contributed by atoms with Crippen molar-refractivity contribution in [1.82, 2.24) is 15.0 Å². The van der Waals surface area contributed by atoms with E-state index in [4.69, 9.17) is 4.42 Å². The first-order valence-corrected chi connectivity index (χ1v) is 11.2. The van der Waals surface area contributed by atoms with Crippen molar-refractivity contribution in [1.29, 1.82) is 0 Å². The van der Waals surface area contributed by atoms with Crippen molar-refractivity contribution in [2.24, 2.45) is 0 Å². The van der Waals surface area contributed by atoms with Gasteiger partial charge in [-0.25, -0.2) is 19.7 Å². The van der Waals surface area contributed by atoms with Gasteiger partial charge in [-0.3, -0.25) is 10.2 Å². The molecule has 2 N–H and O–H groups in total. The first-order chi connectivity index (χ1) is 17.3. The predicted octanol–water partition coefficient (Wildman–Crippen LogP) is 6.06. The lowest BCUT2D eigenvalue weighted by Crippen LogP contribution is -2.42. The number of benzene rings is 1. The highest BCUT2D eigenvalue weighted by atomic mass is 19.4. The number of halogens is 3. The van der Waals surface area contributed by atoms with Crippen LogP contribution in [0.1, 0.15) is 18.9 Å². The summed E-state index contributed by atoms with van der Waals surface area (Å²) in [6.07, 6.45) is -1.03. The molecule has 4 aromatic rings.